The number of aliphatic hydroxyl groups excluding tert-OH is 1. The van der Waals surface area contributed by atoms with Gasteiger partial charge < -0.3 is 24.5 Å². The summed E-state index contributed by atoms with van der Waals surface area (Å²) in [7, 11) is 0. The Balaban J connectivity index is 1.52. The second-order valence-corrected chi connectivity index (χ2v) is 14.1. The molecular weight excluding hydrogens is 642 g/mol. The fourth-order valence-corrected chi connectivity index (χ4v) is 10.7. The van der Waals surface area contributed by atoms with E-state index in [-0.39, 0.29) is 47.5 Å². The topological polar surface area (TPSA) is 90.4 Å². The average molecular weight is 683 g/mol. The van der Waals surface area contributed by atoms with Crippen LogP contribution >= 0.6 is 27.7 Å². The summed E-state index contributed by atoms with van der Waals surface area (Å²) in [5.41, 5.74) is 1.68. The number of carbonyl (C=O) groups is 3. The van der Waals surface area contributed by atoms with Crippen LogP contribution in [0.5, 0.6) is 5.75 Å². The van der Waals surface area contributed by atoms with E-state index >= 15 is 0 Å². The van der Waals surface area contributed by atoms with Gasteiger partial charge in [0.25, 0.3) is 0 Å². The van der Waals surface area contributed by atoms with Gasteiger partial charge in [-0.15, -0.1) is 24.9 Å². The molecule has 6 atom stereocenters. The van der Waals surface area contributed by atoms with Gasteiger partial charge in [-0.3, -0.25) is 14.4 Å². The monoisotopic (exact) mass is 681 g/mol. The Hall–Kier alpha value is -3.08. The normalized spacial score (nSPS) is 26.8. The Morgan fingerprint density at radius 1 is 1.11 bits per heavy atom. The Bertz CT molecular complexity index is 1370. The van der Waals surface area contributed by atoms with Gasteiger partial charge in [0.1, 0.15) is 11.8 Å². The van der Waals surface area contributed by atoms with Gasteiger partial charge in [-0.1, -0.05) is 58.4 Å². The summed E-state index contributed by atoms with van der Waals surface area (Å²) in [5, 5.41) is 9.54. The second-order valence-electron chi connectivity index (χ2n) is 11.4. The quantitative estimate of drug-likeness (QED) is 0.230. The first-order chi connectivity index (χ1) is 21.3. The van der Waals surface area contributed by atoms with Crippen molar-refractivity contribution in [2.24, 2.45) is 11.8 Å². The molecule has 8 nitrogen and oxygen atoms in total. The number of thioether (sulfide) groups is 1. The highest BCUT2D eigenvalue weighted by molar-refractivity contribution is 9.09. The van der Waals surface area contributed by atoms with E-state index in [0.717, 1.165) is 5.56 Å². The lowest BCUT2D eigenvalue weighted by Gasteiger charge is -2.38. The zero-order chi connectivity index (χ0) is 31.4. The van der Waals surface area contributed by atoms with E-state index in [2.05, 4.69) is 29.1 Å². The average Bonchev–Trinajstić information content (AvgIpc) is 3.62. The molecule has 1 spiro atoms. The first kappa shape index (κ1) is 32.3. The zero-order valence-electron chi connectivity index (χ0n) is 25.0. The smallest absolute Gasteiger partial charge is 0.247 e. The highest BCUT2D eigenvalue weighted by atomic mass is 79.9. The van der Waals surface area contributed by atoms with E-state index in [0.29, 0.717) is 44.0 Å². The van der Waals surface area contributed by atoms with Crippen molar-refractivity contribution in [2.75, 3.05) is 37.7 Å². The number of aliphatic hydroxyl groups is 1. The fourth-order valence-electron chi connectivity index (χ4n) is 7.06. The number of benzene rings is 2. The van der Waals surface area contributed by atoms with E-state index in [9.17, 15) is 19.5 Å². The van der Waals surface area contributed by atoms with Crippen LogP contribution in [0.15, 0.2) is 79.9 Å². The number of hydrogen-bond acceptors (Lipinski definition) is 6. The minimum Gasteiger partial charge on any atom is -0.494 e. The van der Waals surface area contributed by atoms with E-state index in [1.807, 2.05) is 61.5 Å². The first-order valence-electron chi connectivity index (χ1n) is 15.1. The van der Waals surface area contributed by atoms with Crippen LogP contribution in [0.4, 0.5) is 5.69 Å². The molecule has 234 valence electrons. The fraction of sp³-hybridized carbons (Fsp3) is 0.441. The minimum atomic E-state index is -0.780. The summed E-state index contributed by atoms with van der Waals surface area (Å²) >= 11 is 5.47. The first-order valence-corrected chi connectivity index (χ1v) is 16.9. The number of anilines is 1. The maximum atomic E-state index is 14.6. The van der Waals surface area contributed by atoms with Gasteiger partial charge in [0.2, 0.25) is 17.7 Å². The number of amides is 3. The third-order valence-corrected chi connectivity index (χ3v) is 12.0. The van der Waals surface area contributed by atoms with Crippen molar-refractivity contribution in [1.82, 2.24) is 9.80 Å². The molecule has 5 rings (SSSR count). The minimum absolute atomic E-state index is 0.0496. The molecule has 2 bridgehead atoms. The van der Waals surface area contributed by atoms with E-state index in [1.165, 1.54) is 0 Å². The van der Waals surface area contributed by atoms with Crippen molar-refractivity contribution in [1.29, 1.82) is 0 Å². The third kappa shape index (κ3) is 5.84. The van der Waals surface area contributed by atoms with Gasteiger partial charge >= 0.3 is 0 Å². The predicted molar refractivity (Wildman–Crippen MR) is 178 cm³/mol. The summed E-state index contributed by atoms with van der Waals surface area (Å²) in [4.78, 5) is 48.6. The Labute approximate surface area is 272 Å². The number of carbonyl (C=O) groups excluding carboxylic acids is 3. The molecule has 3 saturated heterocycles. The summed E-state index contributed by atoms with van der Waals surface area (Å²) in [6.45, 7) is 11.4. The number of fused-ring (bicyclic) bond motifs is 1. The number of likely N-dealkylation sites (tertiary alicyclic amines) is 1. The zero-order valence-corrected chi connectivity index (χ0v) is 27.4. The molecule has 0 radical (unpaired) electrons. The van der Waals surface area contributed by atoms with Gasteiger partial charge in [0, 0.05) is 48.6 Å². The van der Waals surface area contributed by atoms with Gasteiger partial charge in [-0.2, -0.15) is 0 Å². The van der Waals surface area contributed by atoms with Gasteiger partial charge in [-0.05, 0) is 49.6 Å². The lowest BCUT2D eigenvalue weighted by atomic mass is 9.70. The highest BCUT2D eigenvalue weighted by Crippen LogP contribution is 2.68. The summed E-state index contributed by atoms with van der Waals surface area (Å²) < 4.78 is 4.81. The maximum absolute atomic E-state index is 14.6. The molecule has 3 aliphatic rings. The van der Waals surface area contributed by atoms with Crippen molar-refractivity contribution in [3.05, 3.63) is 85.5 Å². The lowest BCUT2D eigenvalue weighted by molar-refractivity contribution is -0.143. The summed E-state index contributed by atoms with van der Waals surface area (Å²) in [6.07, 6.45) is 4.32. The van der Waals surface area contributed by atoms with E-state index < -0.39 is 22.6 Å². The molecule has 3 fully saturated rings. The summed E-state index contributed by atoms with van der Waals surface area (Å²) in [6, 6.07) is 16.4. The number of hydrogen-bond donors (Lipinski definition) is 1. The van der Waals surface area contributed by atoms with Crippen LogP contribution in [0.3, 0.4) is 0 Å². The largest absolute Gasteiger partial charge is 0.494 e. The summed E-state index contributed by atoms with van der Waals surface area (Å²) in [5.74, 6) is -1.08. The van der Waals surface area contributed by atoms with Crippen LogP contribution in [0.2, 0.25) is 0 Å². The lowest BCUT2D eigenvalue weighted by Crippen LogP contribution is -2.55. The molecule has 2 aromatic carbocycles. The predicted octanol–water partition coefficient (Wildman–Crippen LogP) is 4.67. The van der Waals surface area contributed by atoms with Crippen molar-refractivity contribution in [2.45, 2.75) is 47.2 Å². The molecule has 44 heavy (non-hydrogen) atoms. The molecule has 0 aromatic heterocycles. The molecule has 10 heteroatoms. The van der Waals surface area contributed by atoms with Crippen LogP contribution in [-0.4, -0.2) is 86.3 Å². The number of nitrogens with zero attached hydrogens (tertiary/aromatic N) is 3. The second kappa shape index (κ2) is 13.9. The van der Waals surface area contributed by atoms with Crippen LogP contribution in [0, 0.1) is 11.8 Å². The van der Waals surface area contributed by atoms with E-state index in [1.54, 1.807) is 38.6 Å². The Morgan fingerprint density at radius 2 is 1.82 bits per heavy atom. The number of ether oxygens (including phenoxy) is 1. The molecule has 3 amide bonds. The molecule has 1 N–H and O–H groups in total. The SMILES string of the molecule is C=CCN(Cc1ccccc1)C(=O)C1N(CCCO)C(=O)[C@@H]2[C@@H](C(=O)N(CC=C)c3ccc(OCC)cc3)[C@@H]3SC12CC3Br. The van der Waals surface area contributed by atoms with Crippen molar-refractivity contribution in [3.8, 4) is 5.75 Å². The molecule has 3 heterocycles. The molecule has 0 saturated carbocycles. The van der Waals surface area contributed by atoms with Crippen LogP contribution in [-0.2, 0) is 20.9 Å². The van der Waals surface area contributed by atoms with Crippen molar-refractivity contribution < 1.29 is 24.2 Å². The highest BCUT2D eigenvalue weighted by Gasteiger charge is 2.76. The molecule has 2 aromatic rings. The number of halogens is 1. The van der Waals surface area contributed by atoms with Gasteiger partial charge in [0.15, 0.2) is 0 Å². The van der Waals surface area contributed by atoms with Gasteiger partial charge in [-0.25, -0.2) is 0 Å². The van der Waals surface area contributed by atoms with E-state index in [4.69, 9.17) is 4.74 Å². The van der Waals surface area contributed by atoms with Crippen LogP contribution < -0.4 is 9.64 Å². The molecular formula is C34H40BrN3O5S. The van der Waals surface area contributed by atoms with Crippen LogP contribution in [0.25, 0.3) is 0 Å². The van der Waals surface area contributed by atoms with Gasteiger partial charge in [0.05, 0.1) is 23.2 Å². The van der Waals surface area contributed by atoms with Crippen molar-refractivity contribution in [3.63, 3.8) is 0 Å². The maximum Gasteiger partial charge on any atom is 0.247 e. The Kier molecular flexibility index (Phi) is 10.2. The van der Waals surface area contributed by atoms with Crippen LogP contribution in [0.1, 0.15) is 25.3 Å². The third-order valence-electron chi connectivity index (χ3n) is 8.78. The Morgan fingerprint density at radius 3 is 2.45 bits per heavy atom. The standard InChI is InChI=1S/C34H40BrN3O5S/c1-4-17-36(22-23-11-8-7-9-12-23)33(42)30-34-21-26(35)29(44-34)27(28(34)32(41)38(30)19-10-20-39)31(40)37(18-5-2)24-13-15-25(16-14-24)43-6-3/h4-5,7-9,11-16,26-30,39H,1-2,6,10,17-22H2,3H3/t26?,27-,28+,29-,30?,34?/m1/s1. The number of alkyl halides is 1. The van der Waals surface area contributed by atoms with Crippen molar-refractivity contribution >= 4 is 51.1 Å². The molecule has 0 aliphatic carbocycles. The molecule has 3 unspecified atom stereocenters. The number of rotatable bonds is 14. The molecule has 3 aliphatic heterocycles.